The molecule has 3 heterocycles. The van der Waals surface area contributed by atoms with E-state index in [-0.39, 0.29) is 17.3 Å². The Morgan fingerprint density at radius 1 is 1.10 bits per heavy atom. The maximum absolute atomic E-state index is 15.5. The van der Waals surface area contributed by atoms with Crippen molar-refractivity contribution in [1.29, 1.82) is 0 Å². The Morgan fingerprint density at radius 3 is 2.59 bits per heavy atom. The highest BCUT2D eigenvalue weighted by Crippen LogP contribution is 2.43. The van der Waals surface area contributed by atoms with Crippen molar-refractivity contribution in [3.05, 3.63) is 94.7 Å². The third kappa shape index (κ3) is 4.76. The number of rotatable bonds is 6. The number of methoxy groups -OCH3 is 1. The normalized spacial score (nSPS) is 20.9. The molecular weight excluding hydrogens is 496 g/mol. The van der Waals surface area contributed by atoms with E-state index in [9.17, 15) is 0 Å². The van der Waals surface area contributed by atoms with Gasteiger partial charge in [0.25, 0.3) is 0 Å². The van der Waals surface area contributed by atoms with Crippen molar-refractivity contribution in [3.63, 3.8) is 0 Å². The predicted molar refractivity (Wildman–Crippen MR) is 146 cm³/mol. The second-order valence-corrected chi connectivity index (χ2v) is 11.0. The van der Waals surface area contributed by atoms with Crippen LogP contribution in [0.2, 0.25) is 0 Å². The van der Waals surface area contributed by atoms with Gasteiger partial charge in [0.2, 0.25) is 0 Å². The van der Waals surface area contributed by atoms with Crippen LogP contribution in [0.3, 0.4) is 0 Å². The summed E-state index contributed by atoms with van der Waals surface area (Å²) in [5, 5.41) is 4.65. The van der Waals surface area contributed by atoms with E-state index in [0.717, 1.165) is 49.6 Å². The zero-order chi connectivity index (χ0) is 27.1. The van der Waals surface area contributed by atoms with Crippen molar-refractivity contribution in [3.8, 4) is 11.3 Å². The molecule has 0 amide bonds. The molecule has 0 aliphatic heterocycles. The molecule has 1 aromatic carbocycles. The number of aromatic nitrogens is 4. The Morgan fingerprint density at radius 2 is 1.87 bits per heavy atom. The van der Waals surface area contributed by atoms with Crippen LogP contribution < -0.4 is 5.73 Å². The van der Waals surface area contributed by atoms with Crippen LogP contribution in [0.1, 0.15) is 73.9 Å². The van der Waals surface area contributed by atoms with E-state index in [1.807, 2.05) is 12.4 Å². The van der Waals surface area contributed by atoms with E-state index < -0.39 is 17.2 Å². The van der Waals surface area contributed by atoms with E-state index in [1.165, 1.54) is 23.3 Å². The van der Waals surface area contributed by atoms with E-state index in [2.05, 4.69) is 34.1 Å². The summed E-state index contributed by atoms with van der Waals surface area (Å²) in [6.07, 6.45) is 13.3. The Hall–Kier alpha value is -3.49. The summed E-state index contributed by atoms with van der Waals surface area (Å²) in [5.41, 5.74) is 10.6. The number of fused-ring (bicyclic) bond motifs is 1. The average Bonchev–Trinajstić information content (AvgIpc) is 3.56. The van der Waals surface area contributed by atoms with Crippen LogP contribution in [0.25, 0.3) is 16.8 Å². The number of halogens is 2. The molecule has 1 fully saturated rings. The monoisotopic (exact) mass is 529 g/mol. The molecule has 8 heteroatoms. The number of allylic oxidation sites excluding steroid dienone is 1. The Balaban J connectivity index is 1.35. The first-order chi connectivity index (χ1) is 18.9. The van der Waals surface area contributed by atoms with Crippen LogP contribution in [-0.2, 0) is 16.8 Å². The molecule has 0 saturated heterocycles. The first-order valence-corrected chi connectivity index (χ1v) is 13.6. The van der Waals surface area contributed by atoms with Gasteiger partial charge in [-0.15, -0.1) is 0 Å². The number of ether oxygens (including phenoxy) is 1. The number of nitrogens with two attached hydrogens (primary N) is 1. The molecule has 2 atom stereocenters. The summed E-state index contributed by atoms with van der Waals surface area (Å²) in [6, 6.07) is 8.33. The number of imidazole rings is 1. The number of hydrogen-bond donors (Lipinski definition) is 1. The van der Waals surface area contributed by atoms with Gasteiger partial charge in [-0.1, -0.05) is 24.5 Å². The largest absolute Gasteiger partial charge is 0.374 e. The van der Waals surface area contributed by atoms with Gasteiger partial charge < -0.3 is 10.5 Å². The van der Waals surface area contributed by atoms with Crippen LogP contribution in [0.4, 0.5) is 8.78 Å². The summed E-state index contributed by atoms with van der Waals surface area (Å²) in [7, 11) is 1.61. The van der Waals surface area contributed by atoms with Crippen molar-refractivity contribution in [2.24, 2.45) is 5.73 Å². The van der Waals surface area contributed by atoms with Crippen molar-refractivity contribution in [2.75, 3.05) is 7.11 Å². The Bertz CT molecular complexity index is 1530. The molecule has 2 aliphatic rings. The molecule has 202 valence electrons. The number of pyridine rings is 1. The fourth-order valence-corrected chi connectivity index (χ4v) is 6.52. The lowest BCUT2D eigenvalue weighted by Gasteiger charge is -2.28. The van der Waals surface area contributed by atoms with Gasteiger partial charge in [-0.25, -0.2) is 18.3 Å². The maximum atomic E-state index is 15.5. The van der Waals surface area contributed by atoms with Gasteiger partial charge >= 0.3 is 0 Å². The van der Waals surface area contributed by atoms with Crippen molar-refractivity contribution in [2.45, 2.75) is 69.4 Å². The minimum atomic E-state index is -0.645. The molecule has 0 unspecified atom stereocenters. The van der Waals surface area contributed by atoms with Crippen LogP contribution in [-0.4, -0.2) is 32.7 Å². The van der Waals surface area contributed by atoms with Crippen molar-refractivity contribution in [1.82, 2.24) is 19.6 Å². The number of nitrogens with zero attached hydrogens (tertiary/aromatic N) is 4. The summed E-state index contributed by atoms with van der Waals surface area (Å²) in [6.45, 7) is 2.12. The fraction of sp³-hybridized carbons (Fsp3) is 0.387. The van der Waals surface area contributed by atoms with Gasteiger partial charge in [-0.3, -0.25) is 4.98 Å². The first kappa shape index (κ1) is 25.8. The molecule has 1 saturated carbocycles. The van der Waals surface area contributed by atoms with Gasteiger partial charge in [-0.2, -0.15) is 5.10 Å². The minimum absolute atomic E-state index is 0.0323. The Labute approximate surface area is 226 Å². The standard InChI is InChI=1S/C31H33F2N5O/c1-19-11-20(13-23(34)12-19)25-7-10-35-17-21(25)14-29-36-18-24-5-6-28(37-38(24)29)30-26(32)15-22(16-27(30)33)31(39-2)8-3-4-9-31/h5-7,10,12,15-18,20,23H,3-4,8-9,11,13-14,34H2,1-2H3/t20-,23+/m1/s1. The summed E-state index contributed by atoms with van der Waals surface area (Å²) in [5.74, 6) is -0.313. The lowest BCUT2D eigenvalue weighted by Crippen LogP contribution is -2.25. The van der Waals surface area contributed by atoms with Gasteiger partial charge in [0.05, 0.1) is 28.6 Å². The molecule has 2 N–H and O–H groups in total. The molecule has 0 bridgehead atoms. The van der Waals surface area contributed by atoms with Crippen LogP contribution in [0, 0.1) is 11.6 Å². The topological polar surface area (TPSA) is 78.3 Å². The molecule has 4 aromatic rings. The van der Waals surface area contributed by atoms with E-state index in [0.29, 0.717) is 23.7 Å². The van der Waals surface area contributed by atoms with E-state index >= 15 is 8.78 Å². The van der Waals surface area contributed by atoms with E-state index in [1.54, 1.807) is 30.0 Å². The van der Waals surface area contributed by atoms with Crippen molar-refractivity contribution >= 4 is 5.52 Å². The highest BCUT2D eigenvalue weighted by Gasteiger charge is 2.37. The second kappa shape index (κ2) is 10.2. The molecule has 2 aliphatic carbocycles. The summed E-state index contributed by atoms with van der Waals surface area (Å²) >= 11 is 0. The second-order valence-electron chi connectivity index (χ2n) is 11.0. The number of hydrogen-bond acceptors (Lipinski definition) is 5. The van der Waals surface area contributed by atoms with Crippen LogP contribution >= 0.6 is 0 Å². The first-order valence-electron chi connectivity index (χ1n) is 13.6. The third-order valence-electron chi connectivity index (χ3n) is 8.43. The van der Waals surface area contributed by atoms with Crippen molar-refractivity contribution < 1.29 is 13.5 Å². The average molecular weight is 530 g/mol. The highest BCUT2D eigenvalue weighted by molar-refractivity contribution is 5.63. The highest BCUT2D eigenvalue weighted by atomic mass is 19.1. The fourth-order valence-electron chi connectivity index (χ4n) is 6.52. The van der Waals surface area contributed by atoms with Crippen LogP contribution in [0.15, 0.2) is 60.6 Å². The Kier molecular flexibility index (Phi) is 6.77. The molecule has 39 heavy (non-hydrogen) atoms. The molecular formula is C31H33F2N5O. The molecule has 6 rings (SSSR count). The molecule has 0 radical (unpaired) electrons. The zero-order valence-corrected chi connectivity index (χ0v) is 22.3. The summed E-state index contributed by atoms with van der Waals surface area (Å²) < 4.78 is 38.4. The van der Waals surface area contributed by atoms with E-state index in [4.69, 9.17) is 10.5 Å². The van der Waals surface area contributed by atoms with Crippen LogP contribution in [0.5, 0.6) is 0 Å². The smallest absolute Gasteiger partial charge is 0.136 e. The quantitative estimate of drug-likeness (QED) is 0.300. The van der Waals surface area contributed by atoms with Gasteiger partial charge in [0.15, 0.2) is 0 Å². The lowest BCUT2D eigenvalue weighted by molar-refractivity contribution is -0.00914. The lowest BCUT2D eigenvalue weighted by atomic mass is 9.80. The zero-order valence-electron chi connectivity index (χ0n) is 22.3. The third-order valence-corrected chi connectivity index (χ3v) is 8.43. The SMILES string of the molecule is COC1(c2cc(F)c(-c3ccc4cnc(Cc5cnccc5[C@@H]5CC(C)=C[C@H](N)C5)n4n3)c(F)c2)CCCC1. The maximum Gasteiger partial charge on any atom is 0.136 e. The summed E-state index contributed by atoms with van der Waals surface area (Å²) in [4.78, 5) is 8.97. The van der Waals surface area contributed by atoms with Gasteiger partial charge in [0.1, 0.15) is 17.5 Å². The molecule has 0 spiro atoms. The van der Waals surface area contributed by atoms with Gasteiger partial charge in [0, 0.05) is 32.0 Å². The molecule has 6 nitrogen and oxygen atoms in total. The minimum Gasteiger partial charge on any atom is -0.374 e. The molecule has 3 aromatic heterocycles. The number of benzene rings is 1. The van der Waals surface area contributed by atoms with Gasteiger partial charge in [-0.05, 0) is 85.5 Å². The predicted octanol–water partition coefficient (Wildman–Crippen LogP) is 6.23.